The Bertz CT molecular complexity index is 261. The molecular formula is C10H12N2. The van der Waals surface area contributed by atoms with Crippen LogP contribution in [0.1, 0.15) is 5.56 Å². The Hall–Kier alpha value is -1.33. The van der Waals surface area contributed by atoms with Crippen LogP contribution in [0.3, 0.4) is 0 Å². The van der Waals surface area contributed by atoms with E-state index in [0.29, 0.717) is 6.54 Å². The molecule has 0 bridgehead atoms. The largest absolute Gasteiger partial charge is 0.291 e. The van der Waals surface area contributed by atoms with Gasteiger partial charge in [0.25, 0.3) is 0 Å². The summed E-state index contributed by atoms with van der Waals surface area (Å²) in [5.41, 5.74) is 1.24. The van der Waals surface area contributed by atoms with Gasteiger partial charge in [0.15, 0.2) is 0 Å². The van der Waals surface area contributed by atoms with Crippen molar-refractivity contribution in [2.24, 2.45) is 0 Å². The predicted octanol–water partition coefficient (Wildman–Crippen LogP) is 1.15. The minimum Gasteiger partial charge on any atom is -0.291 e. The zero-order valence-electron chi connectivity index (χ0n) is 7.20. The minimum absolute atomic E-state index is 0.683. The smallest absolute Gasteiger partial charge is 0.0599 e. The van der Waals surface area contributed by atoms with Gasteiger partial charge in [0.1, 0.15) is 0 Å². The zero-order valence-corrected chi connectivity index (χ0v) is 7.20. The summed E-state index contributed by atoms with van der Waals surface area (Å²) in [6.07, 6.45) is 8.76. The van der Waals surface area contributed by atoms with Crippen LogP contribution in [0.5, 0.6) is 0 Å². The molecule has 0 radical (unpaired) electrons. The molecule has 0 unspecified atom stereocenters. The van der Waals surface area contributed by atoms with Crippen LogP contribution >= 0.6 is 0 Å². The number of aromatic nitrogens is 1. The summed E-state index contributed by atoms with van der Waals surface area (Å²) in [6.45, 7) is 1.56. The van der Waals surface area contributed by atoms with Crippen LogP contribution in [0.25, 0.3) is 0 Å². The second-order valence-electron chi connectivity index (χ2n) is 2.73. The molecular weight excluding hydrogens is 148 g/mol. The molecule has 2 heteroatoms. The molecule has 0 aliphatic heterocycles. The van der Waals surface area contributed by atoms with Gasteiger partial charge in [-0.2, -0.15) is 0 Å². The first-order valence-electron chi connectivity index (χ1n) is 3.84. The van der Waals surface area contributed by atoms with E-state index in [-0.39, 0.29) is 0 Å². The van der Waals surface area contributed by atoms with Crippen molar-refractivity contribution in [2.75, 3.05) is 13.6 Å². The maximum atomic E-state index is 5.18. The highest BCUT2D eigenvalue weighted by molar-refractivity contribution is 5.09. The van der Waals surface area contributed by atoms with Gasteiger partial charge in [-0.05, 0) is 24.7 Å². The molecule has 0 aromatic carbocycles. The number of hydrogen-bond acceptors (Lipinski definition) is 2. The molecule has 0 aliphatic carbocycles. The lowest BCUT2D eigenvalue weighted by Gasteiger charge is -2.12. The van der Waals surface area contributed by atoms with E-state index in [2.05, 4.69) is 15.8 Å². The number of hydrogen-bond donors (Lipinski definition) is 0. The van der Waals surface area contributed by atoms with Crippen molar-refractivity contribution in [2.45, 2.75) is 6.54 Å². The quantitative estimate of drug-likeness (QED) is 0.616. The van der Waals surface area contributed by atoms with E-state index >= 15 is 0 Å². The summed E-state index contributed by atoms with van der Waals surface area (Å²) >= 11 is 0. The van der Waals surface area contributed by atoms with Gasteiger partial charge in [-0.3, -0.25) is 9.88 Å². The Morgan fingerprint density at radius 3 is 2.75 bits per heavy atom. The van der Waals surface area contributed by atoms with Gasteiger partial charge in [0.05, 0.1) is 6.54 Å². The van der Waals surface area contributed by atoms with Crippen molar-refractivity contribution < 1.29 is 0 Å². The van der Waals surface area contributed by atoms with Crippen LogP contribution in [-0.4, -0.2) is 23.5 Å². The number of terminal acetylenes is 1. The average molecular weight is 160 g/mol. The number of nitrogens with zero attached hydrogens (tertiary/aromatic N) is 2. The van der Waals surface area contributed by atoms with Gasteiger partial charge in [-0.15, -0.1) is 6.42 Å². The van der Waals surface area contributed by atoms with Gasteiger partial charge in [0.2, 0.25) is 0 Å². The second kappa shape index (κ2) is 4.53. The van der Waals surface area contributed by atoms with Crippen LogP contribution in [0.4, 0.5) is 0 Å². The first-order valence-corrected chi connectivity index (χ1v) is 3.84. The number of pyridine rings is 1. The van der Waals surface area contributed by atoms with E-state index in [4.69, 9.17) is 6.42 Å². The molecule has 0 saturated heterocycles. The topological polar surface area (TPSA) is 16.1 Å². The van der Waals surface area contributed by atoms with Crippen LogP contribution in [-0.2, 0) is 6.54 Å². The maximum absolute atomic E-state index is 5.18. The fraction of sp³-hybridized carbons (Fsp3) is 0.300. The minimum atomic E-state index is 0.683. The molecule has 2 nitrogen and oxygen atoms in total. The summed E-state index contributed by atoms with van der Waals surface area (Å²) in [7, 11) is 2.00. The Balaban J connectivity index is 2.48. The molecule has 0 fully saturated rings. The first-order chi connectivity index (χ1) is 5.83. The van der Waals surface area contributed by atoms with Gasteiger partial charge in [-0.25, -0.2) is 0 Å². The van der Waals surface area contributed by atoms with Gasteiger partial charge < -0.3 is 0 Å². The summed E-state index contributed by atoms with van der Waals surface area (Å²) in [5.74, 6) is 2.60. The van der Waals surface area contributed by atoms with Gasteiger partial charge >= 0.3 is 0 Å². The molecule has 1 aromatic rings. The average Bonchev–Trinajstić information content (AvgIpc) is 2.06. The lowest BCUT2D eigenvalue weighted by molar-refractivity contribution is 0.369. The van der Waals surface area contributed by atoms with Crippen LogP contribution in [0.15, 0.2) is 24.5 Å². The molecule has 12 heavy (non-hydrogen) atoms. The Morgan fingerprint density at radius 2 is 2.17 bits per heavy atom. The van der Waals surface area contributed by atoms with Crippen LogP contribution in [0, 0.1) is 12.3 Å². The summed E-state index contributed by atoms with van der Waals surface area (Å²) in [4.78, 5) is 6.02. The first kappa shape index (κ1) is 8.76. The van der Waals surface area contributed by atoms with E-state index in [1.165, 1.54) is 5.56 Å². The molecule has 0 atom stereocenters. The van der Waals surface area contributed by atoms with E-state index in [0.717, 1.165) is 6.54 Å². The molecule has 0 aliphatic rings. The fourth-order valence-electron chi connectivity index (χ4n) is 1.01. The molecule has 1 rings (SSSR count). The summed E-state index contributed by atoms with van der Waals surface area (Å²) in [5, 5.41) is 0. The van der Waals surface area contributed by atoms with Crippen molar-refractivity contribution in [3.05, 3.63) is 30.1 Å². The van der Waals surface area contributed by atoms with Gasteiger partial charge in [0, 0.05) is 18.9 Å². The van der Waals surface area contributed by atoms with Gasteiger partial charge in [-0.1, -0.05) is 5.92 Å². The maximum Gasteiger partial charge on any atom is 0.0599 e. The molecule has 1 aromatic heterocycles. The second-order valence-corrected chi connectivity index (χ2v) is 2.73. The highest BCUT2D eigenvalue weighted by Crippen LogP contribution is 1.99. The van der Waals surface area contributed by atoms with Crippen molar-refractivity contribution in [1.29, 1.82) is 0 Å². The molecule has 62 valence electrons. The third kappa shape index (κ3) is 2.73. The van der Waals surface area contributed by atoms with E-state index < -0.39 is 0 Å². The molecule has 1 heterocycles. The lowest BCUT2D eigenvalue weighted by atomic mass is 10.2. The Labute approximate surface area is 73.2 Å². The monoisotopic (exact) mass is 160 g/mol. The summed E-state index contributed by atoms with van der Waals surface area (Å²) < 4.78 is 0. The van der Waals surface area contributed by atoms with E-state index in [1.54, 1.807) is 12.4 Å². The Kier molecular flexibility index (Phi) is 3.31. The highest BCUT2D eigenvalue weighted by atomic mass is 15.1. The van der Waals surface area contributed by atoms with Crippen molar-refractivity contribution in [3.8, 4) is 12.3 Å². The summed E-state index contributed by atoms with van der Waals surface area (Å²) in [6, 6.07) is 3.99. The van der Waals surface area contributed by atoms with Crippen molar-refractivity contribution in [3.63, 3.8) is 0 Å². The lowest BCUT2D eigenvalue weighted by Crippen LogP contribution is -2.17. The number of rotatable bonds is 3. The third-order valence-electron chi connectivity index (χ3n) is 1.56. The van der Waals surface area contributed by atoms with E-state index in [1.807, 2.05) is 19.2 Å². The van der Waals surface area contributed by atoms with Crippen molar-refractivity contribution >= 4 is 0 Å². The van der Waals surface area contributed by atoms with Crippen molar-refractivity contribution in [1.82, 2.24) is 9.88 Å². The predicted molar refractivity (Wildman–Crippen MR) is 49.4 cm³/mol. The molecule has 0 spiro atoms. The molecule has 0 amide bonds. The highest BCUT2D eigenvalue weighted by Gasteiger charge is 1.96. The van der Waals surface area contributed by atoms with Crippen LogP contribution < -0.4 is 0 Å². The zero-order chi connectivity index (χ0) is 8.81. The van der Waals surface area contributed by atoms with E-state index in [9.17, 15) is 0 Å². The third-order valence-corrected chi connectivity index (χ3v) is 1.56. The molecule has 0 saturated carbocycles. The molecule has 0 N–H and O–H groups in total. The fourth-order valence-corrected chi connectivity index (χ4v) is 1.01. The SMILES string of the molecule is C#CCN(C)Cc1ccncc1. The Morgan fingerprint density at radius 1 is 1.50 bits per heavy atom. The normalized spacial score (nSPS) is 9.75. The van der Waals surface area contributed by atoms with Crippen LogP contribution in [0.2, 0.25) is 0 Å². The standard InChI is InChI=1S/C10H12N2/c1-3-8-12(2)9-10-4-6-11-7-5-10/h1,4-7H,8-9H2,2H3.